The van der Waals surface area contributed by atoms with Gasteiger partial charge in [-0.15, -0.1) is 0 Å². The molecule has 0 unspecified atom stereocenters. The van der Waals surface area contributed by atoms with Crippen molar-refractivity contribution in [3.05, 3.63) is 42.0 Å². The average Bonchev–Trinajstić information content (AvgIpc) is 3.07. The molecular formula is C18H26N4O3. The largest absolute Gasteiger partial charge is 0.490 e. The van der Waals surface area contributed by atoms with Crippen LogP contribution in [0.15, 0.2) is 30.9 Å². The fourth-order valence-electron chi connectivity index (χ4n) is 3.15. The molecule has 7 nitrogen and oxygen atoms in total. The van der Waals surface area contributed by atoms with E-state index in [1.54, 1.807) is 11.0 Å². The molecule has 2 aromatic rings. The molecule has 1 saturated heterocycles. The summed E-state index contributed by atoms with van der Waals surface area (Å²) in [4.78, 5) is 6.16. The number of rotatable bonds is 7. The highest BCUT2D eigenvalue weighted by Gasteiger charge is 2.23. The van der Waals surface area contributed by atoms with Crippen molar-refractivity contribution in [2.75, 3.05) is 32.8 Å². The van der Waals surface area contributed by atoms with Gasteiger partial charge < -0.3 is 14.6 Å². The van der Waals surface area contributed by atoms with Crippen molar-refractivity contribution in [3.63, 3.8) is 0 Å². The molecule has 0 bridgehead atoms. The zero-order valence-electron chi connectivity index (χ0n) is 14.8. The summed E-state index contributed by atoms with van der Waals surface area (Å²) in [6, 6.07) is 6.05. The van der Waals surface area contributed by atoms with Gasteiger partial charge >= 0.3 is 0 Å². The van der Waals surface area contributed by atoms with E-state index in [2.05, 4.69) is 15.0 Å². The van der Waals surface area contributed by atoms with E-state index in [0.717, 1.165) is 30.0 Å². The van der Waals surface area contributed by atoms with Gasteiger partial charge in [-0.1, -0.05) is 18.2 Å². The molecule has 2 heterocycles. The summed E-state index contributed by atoms with van der Waals surface area (Å²) < 4.78 is 13.4. The fraction of sp³-hybridized carbons (Fsp3) is 0.556. The van der Waals surface area contributed by atoms with Gasteiger partial charge in [0, 0.05) is 19.6 Å². The van der Waals surface area contributed by atoms with E-state index in [4.69, 9.17) is 9.47 Å². The number of para-hydroxylation sites is 1. The molecule has 3 rings (SSSR count). The van der Waals surface area contributed by atoms with Gasteiger partial charge in [-0.3, -0.25) is 9.58 Å². The van der Waals surface area contributed by atoms with E-state index in [9.17, 15) is 5.11 Å². The number of aliphatic hydroxyl groups excluding tert-OH is 1. The lowest BCUT2D eigenvalue weighted by atomic mass is 10.1. The van der Waals surface area contributed by atoms with Crippen molar-refractivity contribution >= 4 is 0 Å². The number of hydrogen-bond acceptors (Lipinski definition) is 6. The molecule has 1 aromatic heterocycles. The molecule has 0 saturated carbocycles. The van der Waals surface area contributed by atoms with Crippen LogP contribution in [0.4, 0.5) is 0 Å². The van der Waals surface area contributed by atoms with Gasteiger partial charge in [-0.05, 0) is 25.0 Å². The van der Waals surface area contributed by atoms with Crippen LogP contribution in [0.2, 0.25) is 0 Å². The maximum absolute atomic E-state index is 10.4. The number of ether oxygens (including phenoxy) is 2. The first-order valence-electron chi connectivity index (χ1n) is 8.65. The molecule has 25 heavy (non-hydrogen) atoms. The van der Waals surface area contributed by atoms with Gasteiger partial charge in [0.1, 0.15) is 31.1 Å². The Kier molecular flexibility index (Phi) is 6.01. The van der Waals surface area contributed by atoms with E-state index < -0.39 is 6.10 Å². The predicted molar refractivity (Wildman–Crippen MR) is 93.6 cm³/mol. The number of aryl methyl sites for hydroxylation is 2. The van der Waals surface area contributed by atoms with Crippen molar-refractivity contribution in [1.29, 1.82) is 0 Å². The van der Waals surface area contributed by atoms with Gasteiger partial charge in [0.15, 0.2) is 0 Å². The lowest BCUT2D eigenvalue weighted by Crippen LogP contribution is -2.47. The maximum atomic E-state index is 10.4. The van der Waals surface area contributed by atoms with Crippen molar-refractivity contribution in [3.8, 4) is 5.75 Å². The van der Waals surface area contributed by atoms with Crippen molar-refractivity contribution < 1.29 is 14.6 Å². The zero-order valence-corrected chi connectivity index (χ0v) is 14.8. The minimum absolute atomic E-state index is 0.0576. The standard InChI is InChI=1S/C18H26N4O3/c1-14-4-3-5-15(2)18(14)25-11-16(23)8-21-6-7-24-17(9-21)10-22-13-19-12-20-22/h3-5,12-13,16-17,23H,6-11H2,1-2H3/t16-,17+/m0/s1. The fourth-order valence-corrected chi connectivity index (χ4v) is 3.15. The molecule has 0 spiro atoms. The Morgan fingerprint density at radius 2 is 2.16 bits per heavy atom. The highest BCUT2D eigenvalue weighted by Crippen LogP contribution is 2.22. The summed E-state index contributed by atoms with van der Waals surface area (Å²) in [7, 11) is 0. The van der Waals surface area contributed by atoms with E-state index >= 15 is 0 Å². The molecule has 136 valence electrons. The molecule has 0 amide bonds. The first-order chi connectivity index (χ1) is 12.1. The van der Waals surface area contributed by atoms with Gasteiger partial charge in [0.05, 0.1) is 19.3 Å². The minimum Gasteiger partial charge on any atom is -0.490 e. The zero-order chi connectivity index (χ0) is 17.6. The Bertz CT molecular complexity index is 642. The van der Waals surface area contributed by atoms with Crippen LogP contribution in [-0.4, -0.2) is 69.8 Å². The van der Waals surface area contributed by atoms with Crippen LogP contribution in [-0.2, 0) is 11.3 Å². The van der Waals surface area contributed by atoms with E-state index in [-0.39, 0.29) is 12.7 Å². The first-order valence-corrected chi connectivity index (χ1v) is 8.65. The number of morpholine rings is 1. The van der Waals surface area contributed by atoms with Gasteiger partial charge in [0.2, 0.25) is 0 Å². The Labute approximate surface area is 148 Å². The molecule has 7 heteroatoms. The Morgan fingerprint density at radius 3 is 2.88 bits per heavy atom. The van der Waals surface area contributed by atoms with Crippen LogP contribution in [0.25, 0.3) is 0 Å². The van der Waals surface area contributed by atoms with Crippen LogP contribution in [0, 0.1) is 13.8 Å². The van der Waals surface area contributed by atoms with Gasteiger partial charge in [-0.2, -0.15) is 5.10 Å². The molecule has 1 aromatic carbocycles. The first kappa shape index (κ1) is 17.8. The highest BCUT2D eigenvalue weighted by molar-refractivity contribution is 5.39. The summed E-state index contributed by atoms with van der Waals surface area (Å²) in [6.45, 7) is 7.81. The number of hydrogen-bond donors (Lipinski definition) is 1. The van der Waals surface area contributed by atoms with Crippen molar-refractivity contribution in [1.82, 2.24) is 19.7 Å². The monoisotopic (exact) mass is 346 g/mol. The molecule has 1 aliphatic rings. The van der Waals surface area contributed by atoms with E-state index in [1.807, 2.05) is 32.0 Å². The maximum Gasteiger partial charge on any atom is 0.137 e. The molecule has 2 atom stereocenters. The molecular weight excluding hydrogens is 320 g/mol. The second-order valence-electron chi connectivity index (χ2n) is 6.56. The highest BCUT2D eigenvalue weighted by atomic mass is 16.5. The molecule has 1 fully saturated rings. The Morgan fingerprint density at radius 1 is 1.36 bits per heavy atom. The second kappa shape index (κ2) is 8.42. The quantitative estimate of drug-likeness (QED) is 0.807. The summed E-state index contributed by atoms with van der Waals surface area (Å²) >= 11 is 0. The number of nitrogens with zero attached hydrogens (tertiary/aromatic N) is 4. The number of aliphatic hydroxyl groups is 1. The smallest absolute Gasteiger partial charge is 0.137 e. The summed E-state index contributed by atoms with van der Waals surface area (Å²) in [5.41, 5.74) is 2.18. The van der Waals surface area contributed by atoms with Gasteiger partial charge in [-0.25, -0.2) is 4.98 Å². The normalized spacial score (nSPS) is 19.7. The predicted octanol–water partition coefficient (Wildman–Crippen LogP) is 1.04. The molecule has 0 aliphatic carbocycles. The number of aromatic nitrogens is 3. The number of benzene rings is 1. The van der Waals surface area contributed by atoms with Crippen LogP contribution >= 0.6 is 0 Å². The van der Waals surface area contributed by atoms with Crippen LogP contribution in [0.1, 0.15) is 11.1 Å². The molecule has 1 aliphatic heterocycles. The summed E-state index contributed by atoms with van der Waals surface area (Å²) in [5.74, 6) is 0.868. The molecule has 1 N–H and O–H groups in total. The van der Waals surface area contributed by atoms with Crippen molar-refractivity contribution in [2.24, 2.45) is 0 Å². The Balaban J connectivity index is 1.46. The van der Waals surface area contributed by atoms with Crippen LogP contribution in [0.5, 0.6) is 5.75 Å². The summed E-state index contributed by atoms with van der Waals surface area (Å²) in [6.07, 6.45) is 2.73. The summed E-state index contributed by atoms with van der Waals surface area (Å²) in [5, 5.41) is 14.5. The third-order valence-electron chi connectivity index (χ3n) is 4.38. The van der Waals surface area contributed by atoms with E-state index in [0.29, 0.717) is 19.7 Å². The van der Waals surface area contributed by atoms with Crippen LogP contribution in [0.3, 0.4) is 0 Å². The van der Waals surface area contributed by atoms with Crippen LogP contribution < -0.4 is 4.74 Å². The third-order valence-corrected chi connectivity index (χ3v) is 4.38. The Hall–Kier alpha value is -1.96. The molecule has 0 radical (unpaired) electrons. The van der Waals surface area contributed by atoms with Crippen molar-refractivity contribution in [2.45, 2.75) is 32.6 Å². The third kappa shape index (κ3) is 5.01. The van der Waals surface area contributed by atoms with Gasteiger partial charge in [0.25, 0.3) is 0 Å². The minimum atomic E-state index is -0.538. The SMILES string of the molecule is Cc1cccc(C)c1OC[C@@H](O)CN1CCO[C@@H](Cn2cncn2)C1. The average molecular weight is 346 g/mol. The lowest BCUT2D eigenvalue weighted by Gasteiger charge is -2.33. The lowest BCUT2D eigenvalue weighted by molar-refractivity contribution is -0.0517. The number of β-amino-alcohol motifs (C(OH)–C–C–N with tert-alkyl or cyclic N) is 1. The second-order valence-corrected chi connectivity index (χ2v) is 6.56. The van der Waals surface area contributed by atoms with E-state index in [1.165, 1.54) is 6.33 Å². The topological polar surface area (TPSA) is 72.6 Å².